The van der Waals surface area contributed by atoms with Gasteiger partial charge in [0.05, 0.1) is 0 Å². The summed E-state index contributed by atoms with van der Waals surface area (Å²) in [7, 11) is 0. The Morgan fingerprint density at radius 2 is 1.85 bits per heavy atom. The van der Waals surface area contributed by atoms with E-state index < -0.39 is 0 Å². The van der Waals surface area contributed by atoms with Gasteiger partial charge >= 0.3 is 0 Å². The summed E-state index contributed by atoms with van der Waals surface area (Å²) in [4.78, 5) is 8.54. The van der Waals surface area contributed by atoms with Gasteiger partial charge in [-0.2, -0.15) is 4.98 Å². The predicted molar refractivity (Wildman–Crippen MR) is 79.1 cm³/mol. The SMILES string of the molecule is CC(C)CNc1nccc(NCc2ccc(F)cc2)n1. The first-order chi connectivity index (χ1) is 9.63. The third-order valence-corrected chi connectivity index (χ3v) is 2.71. The molecule has 0 unspecified atom stereocenters. The van der Waals surface area contributed by atoms with E-state index in [-0.39, 0.29) is 5.82 Å². The van der Waals surface area contributed by atoms with E-state index in [1.807, 2.05) is 6.07 Å². The molecule has 0 aliphatic rings. The summed E-state index contributed by atoms with van der Waals surface area (Å²) in [6.45, 7) is 5.69. The lowest BCUT2D eigenvalue weighted by Crippen LogP contribution is -2.11. The summed E-state index contributed by atoms with van der Waals surface area (Å²) < 4.78 is 12.8. The molecule has 0 spiro atoms. The molecule has 0 atom stereocenters. The van der Waals surface area contributed by atoms with Crippen molar-refractivity contribution >= 4 is 11.8 Å². The minimum Gasteiger partial charge on any atom is -0.366 e. The molecule has 0 saturated carbocycles. The predicted octanol–water partition coefficient (Wildman–Crippen LogP) is 3.30. The van der Waals surface area contributed by atoms with Gasteiger partial charge in [-0.1, -0.05) is 26.0 Å². The number of rotatable bonds is 6. The van der Waals surface area contributed by atoms with Crippen LogP contribution in [0, 0.1) is 11.7 Å². The lowest BCUT2D eigenvalue weighted by atomic mass is 10.2. The molecule has 20 heavy (non-hydrogen) atoms. The van der Waals surface area contributed by atoms with Gasteiger partial charge < -0.3 is 10.6 Å². The molecule has 1 aromatic heterocycles. The second-order valence-corrected chi connectivity index (χ2v) is 5.02. The smallest absolute Gasteiger partial charge is 0.224 e. The molecule has 0 aliphatic heterocycles. The lowest BCUT2D eigenvalue weighted by Gasteiger charge is -2.09. The van der Waals surface area contributed by atoms with Gasteiger partial charge in [0.1, 0.15) is 11.6 Å². The van der Waals surface area contributed by atoms with Crippen molar-refractivity contribution in [3.63, 3.8) is 0 Å². The van der Waals surface area contributed by atoms with Crippen LogP contribution >= 0.6 is 0 Å². The van der Waals surface area contributed by atoms with Crippen LogP contribution < -0.4 is 10.6 Å². The highest BCUT2D eigenvalue weighted by molar-refractivity contribution is 5.40. The van der Waals surface area contributed by atoms with Gasteiger partial charge in [-0.25, -0.2) is 9.37 Å². The standard InChI is InChI=1S/C15H19FN4/c1-11(2)9-19-15-17-8-7-14(20-15)18-10-12-3-5-13(16)6-4-12/h3-8,11H,9-10H2,1-2H3,(H2,17,18,19,20). The van der Waals surface area contributed by atoms with E-state index in [0.717, 1.165) is 17.9 Å². The maximum absolute atomic E-state index is 12.8. The number of aromatic nitrogens is 2. The van der Waals surface area contributed by atoms with Gasteiger partial charge in [-0.05, 0) is 29.7 Å². The van der Waals surface area contributed by atoms with Crippen LogP contribution in [0.2, 0.25) is 0 Å². The van der Waals surface area contributed by atoms with Crippen LogP contribution in [0.5, 0.6) is 0 Å². The zero-order valence-electron chi connectivity index (χ0n) is 11.7. The normalized spacial score (nSPS) is 10.6. The fourth-order valence-corrected chi connectivity index (χ4v) is 1.63. The molecule has 2 aromatic rings. The second-order valence-electron chi connectivity index (χ2n) is 5.02. The highest BCUT2D eigenvalue weighted by Gasteiger charge is 2.00. The lowest BCUT2D eigenvalue weighted by molar-refractivity contribution is 0.627. The highest BCUT2D eigenvalue weighted by atomic mass is 19.1. The monoisotopic (exact) mass is 274 g/mol. The molecule has 0 amide bonds. The van der Waals surface area contributed by atoms with E-state index in [2.05, 4.69) is 34.4 Å². The van der Waals surface area contributed by atoms with Gasteiger partial charge in [-0.3, -0.25) is 0 Å². The molecule has 2 rings (SSSR count). The molecule has 0 fully saturated rings. The fraction of sp³-hybridized carbons (Fsp3) is 0.333. The van der Waals surface area contributed by atoms with E-state index in [0.29, 0.717) is 18.4 Å². The Hall–Kier alpha value is -2.17. The molecule has 1 heterocycles. The van der Waals surface area contributed by atoms with Crippen LogP contribution in [0.1, 0.15) is 19.4 Å². The minimum absolute atomic E-state index is 0.226. The van der Waals surface area contributed by atoms with Crippen molar-refractivity contribution in [2.24, 2.45) is 5.92 Å². The van der Waals surface area contributed by atoms with Gasteiger partial charge in [0.25, 0.3) is 0 Å². The van der Waals surface area contributed by atoms with E-state index in [9.17, 15) is 4.39 Å². The Morgan fingerprint density at radius 3 is 2.55 bits per heavy atom. The molecular weight excluding hydrogens is 255 g/mol. The first kappa shape index (κ1) is 14.2. The molecule has 1 aromatic carbocycles. The largest absolute Gasteiger partial charge is 0.366 e. The van der Waals surface area contributed by atoms with E-state index in [1.54, 1.807) is 18.3 Å². The number of halogens is 1. The van der Waals surface area contributed by atoms with Gasteiger partial charge in [-0.15, -0.1) is 0 Å². The second kappa shape index (κ2) is 6.84. The molecule has 0 aliphatic carbocycles. The summed E-state index contributed by atoms with van der Waals surface area (Å²) in [5.74, 6) is 1.67. The highest BCUT2D eigenvalue weighted by Crippen LogP contribution is 2.09. The molecule has 4 nitrogen and oxygen atoms in total. The number of nitrogens with zero attached hydrogens (tertiary/aromatic N) is 2. The van der Waals surface area contributed by atoms with Crippen molar-refractivity contribution in [1.82, 2.24) is 9.97 Å². The molecule has 2 N–H and O–H groups in total. The first-order valence-electron chi connectivity index (χ1n) is 6.68. The number of hydrogen-bond acceptors (Lipinski definition) is 4. The van der Waals surface area contributed by atoms with Crippen LogP contribution in [0.3, 0.4) is 0 Å². The summed E-state index contributed by atoms with van der Waals surface area (Å²) in [5, 5.41) is 6.37. The summed E-state index contributed by atoms with van der Waals surface area (Å²) in [5.41, 5.74) is 1.00. The summed E-state index contributed by atoms with van der Waals surface area (Å²) >= 11 is 0. The molecule has 0 saturated heterocycles. The summed E-state index contributed by atoms with van der Waals surface area (Å²) in [6.07, 6.45) is 1.71. The van der Waals surface area contributed by atoms with Crippen molar-refractivity contribution in [3.05, 3.63) is 47.9 Å². The molecule has 5 heteroatoms. The average molecular weight is 274 g/mol. The quantitative estimate of drug-likeness (QED) is 0.848. The Balaban J connectivity index is 1.92. The summed E-state index contributed by atoms with van der Waals surface area (Å²) in [6, 6.07) is 8.21. The Kier molecular flexibility index (Phi) is 4.87. The van der Waals surface area contributed by atoms with E-state index >= 15 is 0 Å². The van der Waals surface area contributed by atoms with E-state index in [4.69, 9.17) is 0 Å². The Morgan fingerprint density at radius 1 is 1.10 bits per heavy atom. The zero-order chi connectivity index (χ0) is 14.4. The fourth-order valence-electron chi connectivity index (χ4n) is 1.63. The molecule has 0 bridgehead atoms. The number of nitrogens with one attached hydrogen (secondary N) is 2. The molecule has 0 radical (unpaired) electrons. The Bertz CT molecular complexity index is 540. The minimum atomic E-state index is -0.226. The zero-order valence-corrected chi connectivity index (χ0v) is 11.7. The molecule has 106 valence electrons. The number of anilines is 2. The van der Waals surface area contributed by atoms with E-state index in [1.165, 1.54) is 12.1 Å². The van der Waals surface area contributed by atoms with Crippen molar-refractivity contribution in [3.8, 4) is 0 Å². The first-order valence-corrected chi connectivity index (χ1v) is 6.68. The van der Waals surface area contributed by atoms with Crippen molar-refractivity contribution in [1.29, 1.82) is 0 Å². The van der Waals surface area contributed by atoms with Crippen molar-refractivity contribution in [2.75, 3.05) is 17.2 Å². The van der Waals surface area contributed by atoms with Crippen LogP contribution in [-0.4, -0.2) is 16.5 Å². The van der Waals surface area contributed by atoms with Crippen molar-refractivity contribution < 1.29 is 4.39 Å². The van der Waals surface area contributed by atoms with Crippen LogP contribution in [0.4, 0.5) is 16.2 Å². The average Bonchev–Trinajstić information content (AvgIpc) is 2.45. The van der Waals surface area contributed by atoms with Gasteiger partial charge in [0, 0.05) is 19.3 Å². The van der Waals surface area contributed by atoms with Crippen molar-refractivity contribution in [2.45, 2.75) is 20.4 Å². The molecular formula is C15H19FN4. The Labute approximate surface area is 118 Å². The van der Waals surface area contributed by atoms with Gasteiger partial charge in [0.15, 0.2) is 0 Å². The maximum atomic E-state index is 12.8. The third kappa shape index (κ3) is 4.50. The maximum Gasteiger partial charge on any atom is 0.224 e. The van der Waals surface area contributed by atoms with Crippen LogP contribution in [0.15, 0.2) is 36.5 Å². The number of hydrogen-bond donors (Lipinski definition) is 2. The number of benzene rings is 1. The topological polar surface area (TPSA) is 49.8 Å². The van der Waals surface area contributed by atoms with Crippen LogP contribution in [0.25, 0.3) is 0 Å². The van der Waals surface area contributed by atoms with Crippen LogP contribution in [-0.2, 0) is 6.54 Å². The van der Waals surface area contributed by atoms with Gasteiger partial charge in [0.2, 0.25) is 5.95 Å². The third-order valence-electron chi connectivity index (χ3n) is 2.71.